The Hall–Kier alpha value is -2.48. The van der Waals surface area contributed by atoms with Crippen molar-refractivity contribution in [3.05, 3.63) is 40.8 Å². The third kappa shape index (κ3) is 2.10. The minimum atomic E-state index is -0.313. The fourth-order valence-electron chi connectivity index (χ4n) is 2.34. The molecule has 7 nitrogen and oxygen atoms in total. The van der Waals surface area contributed by atoms with Crippen LogP contribution in [0.1, 0.15) is 29.3 Å². The first-order valence-corrected chi connectivity index (χ1v) is 6.03. The summed E-state index contributed by atoms with van der Waals surface area (Å²) < 4.78 is 17.8. The van der Waals surface area contributed by atoms with Crippen LogP contribution in [0, 0.1) is 5.82 Å². The Bertz CT molecular complexity index is 670. The highest BCUT2D eigenvalue weighted by atomic mass is 19.1. The Morgan fingerprint density at radius 2 is 2.35 bits per heavy atom. The lowest BCUT2D eigenvalue weighted by molar-refractivity contribution is 0.233. The second-order valence-corrected chi connectivity index (χ2v) is 4.49. The molecule has 1 aliphatic rings. The lowest BCUT2D eigenvalue weighted by atomic mass is 10.1. The first-order chi connectivity index (χ1) is 9.69. The van der Waals surface area contributed by atoms with Crippen molar-refractivity contribution in [2.24, 2.45) is 4.99 Å². The second kappa shape index (κ2) is 4.89. The van der Waals surface area contributed by atoms with E-state index in [0.717, 1.165) is 24.0 Å². The summed E-state index contributed by atoms with van der Waals surface area (Å²) >= 11 is 0. The number of benzene rings is 1. The molecule has 3 rings (SSSR count). The number of hydroxylamine groups is 1. The average Bonchev–Trinajstić information content (AvgIpc) is 3.02. The zero-order chi connectivity index (χ0) is 14.1. The van der Waals surface area contributed by atoms with E-state index in [1.165, 1.54) is 12.1 Å². The number of hydrogen-bond acceptors (Lipinski definition) is 6. The van der Waals surface area contributed by atoms with Crippen LogP contribution in [-0.4, -0.2) is 21.4 Å². The van der Waals surface area contributed by atoms with Crippen LogP contribution in [0.5, 0.6) is 0 Å². The molecule has 1 atom stereocenters. The number of rotatable bonds is 2. The van der Waals surface area contributed by atoms with Crippen molar-refractivity contribution in [2.45, 2.75) is 18.9 Å². The van der Waals surface area contributed by atoms with E-state index in [1.807, 2.05) is 5.48 Å². The fourth-order valence-corrected chi connectivity index (χ4v) is 2.34. The molecule has 0 bridgehead atoms. The highest BCUT2D eigenvalue weighted by molar-refractivity contribution is 5.99. The van der Waals surface area contributed by atoms with Crippen LogP contribution >= 0.6 is 0 Å². The first-order valence-electron chi connectivity index (χ1n) is 6.03. The third-order valence-electron chi connectivity index (χ3n) is 3.28. The molecule has 0 amide bonds. The molecular formula is C12H12FN5O2. The van der Waals surface area contributed by atoms with Gasteiger partial charge in [-0.05, 0) is 46.4 Å². The van der Waals surface area contributed by atoms with Gasteiger partial charge >= 0.3 is 0 Å². The van der Waals surface area contributed by atoms with Crippen molar-refractivity contribution in [3.8, 4) is 0 Å². The van der Waals surface area contributed by atoms with Crippen molar-refractivity contribution in [1.82, 2.24) is 15.8 Å². The van der Waals surface area contributed by atoms with E-state index < -0.39 is 0 Å². The smallest absolute Gasteiger partial charge is 0.199 e. The zero-order valence-corrected chi connectivity index (χ0v) is 10.4. The predicted molar refractivity (Wildman–Crippen MR) is 67.6 cm³/mol. The van der Waals surface area contributed by atoms with E-state index in [4.69, 9.17) is 10.9 Å². The minimum Gasteiger partial charge on any atom is -0.379 e. The van der Waals surface area contributed by atoms with Gasteiger partial charge in [0.25, 0.3) is 0 Å². The molecule has 0 saturated heterocycles. The Morgan fingerprint density at radius 3 is 3.05 bits per heavy atom. The largest absolute Gasteiger partial charge is 0.379 e. The van der Waals surface area contributed by atoms with Crippen LogP contribution in [0.25, 0.3) is 0 Å². The van der Waals surface area contributed by atoms with E-state index in [9.17, 15) is 4.39 Å². The number of nitrogens with two attached hydrogens (primary N) is 1. The molecule has 8 heteroatoms. The van der Waals surface area contributed by atoms with Crippen molar-refractivity contribution < 1.29 is 14.2 Å². The van der Waals surface area contributed by atoms with E-state index in [0.29, 0.717) is 0 Å². The van der Waals surface area contributed by atoms with Gasteiger partial charge in [0.1, 0.15) is 5.82 Å². The Kier molecular flexibility index (Phi) is 3.07. The third-order valence-corrected chi connectivity index (χ3v) is 3.28. The molecule has 0 saturated carbocycles. The highest BCUT2D eigenvalue weighted by Gasteiger charge is 2.24. The SMILES string of the molecule is Nc1nonc1C(=NC1CCc2ccc(F)cc21)NO. The molecule has 1 heterocycles. The lowest BCUT2D eigenvalue weighted by Gasteiger charge is -2.09. The van der Waals surface area contributed by atoms with Gasteiger partial charge in [0.2, 0.25) is 0 Å². The topological polar surface area (TPSA) is 110 Å². The number of halogens is 1. The maximum atomic E-state index is 13.3. The van der Waals surface area contributed by atoms with Crippen LogP contribution in [0.4, 0.5) is 10.2 Å². The van der Waals surface area contributed by atoms with Crippen molar-refractivity contribution in [1.29, 1.82) is 0 Å². The molecule has 0 radical (unpaired) electrons. The van der Waals surface area contributed by atoms with Gasteiger partial charge in [-0.25, -0.2) is 9.02 Å². The summed E-state index contributed by atoms with van der Waals surface area (Å²) in [5.41, 5.74) is 9.45. The second-order valence-electron chi connectivity index (χ2n) is 4.49. The number of aromatic nitrogens is 2. The summed E-state index contributed by atoms with van der Waals surface area (Å²) in [6.45, 7) is 0. The maximum Gasteiger partial charge on any atom is 0.199 e. The van der Waals surface area contributed by atoms with E-state index in [1.54, 1.807) is 6.07 Å². The normalized spacial score (nSPS) is 18.1. The monoisotopic (exact) mass is 277 g/mol. The lowest BCUT2D eigenvalue weighted by Crippen LogP contribution is -2.23. The summed E-state index contributed by atoms with van der Waals surface area (Å²) in [7, 11) is 0. The van der Waals surface area contributed by atoms with Gasteiger partial charge in [0.15, 0.2) is 17.3 Å². The predicted octanol–water partition coefficient (Wildman–Crippen LogP) is 1.20. The molecule has 104 valence electrons. The zero-order valence-electron chi connectivity index (χ0n) is 10.4. The van der Waals surface area contributed by atoms with E-state index in [-0.39, 0.29) is 29.2 Å². The number of nitrogens with zero attached hydrogens (tertiary/aromatic N) is 3. The summed E-state index contributed by atoms with van der Waals surface area (Å²) in [4.78, 5) is 4.33. The molecule has 1 aliphatic carbocycles. The standard InChI is InChI=1S/C12H12FN5O2/c13-7-3-1-6-2-4-9(8(6)5-7)15-12(16-19)10-11(14)18-20-17-10/h1,3,5,9,19H,2,4H2,(H2,14,18)(H,15,16). The molecule has 1 aromatic carbocycles. The van der Waals surface area contributed by atoms with E-state index >= 15 is 0 Å². The quantitative estimate of drug-likeness (QED) is 0.432. The van der Waals surface area contributed by atoms with Gasteiger partial charge < -0.3 is 5.73 Å². The molecule has 0 spiro atoms. The average molecular weight is 277 g/mol. The molecule has 2 aromatic rings. The number of hydrogen-bond donors (Lipinski definition) is 3. The Balaban J connectivity index is 1.97. The van der Waals surface area contributed by atoms with Gasteiger partial charge in [0, 0.05) is 0 Å². The number of nitrogen functional groups attached to an aromatic ring is 1. The summed E-state index contributed by atoms with van der Waals surface area (Å²) in [5.74, 6) is -0.249. The van der Waals surface area contributed by atoms with Gasteiger partial charge in [-0.3, -0.25) is 15.7 Å². The van der Waals surface area contributed by atoms with Crippen LogP contribution in [0.15, 0.2) is 27.8 Å². The number of amidine groups is 1. The molecule has 4 N–H and O–H groups in total. The molecule has 1 unspecified atom stereocenters. The van der Waals surface area contributed by atoms with Gasteiger partial charge in [-0.2, -0.15) is 0 Å². The van der Waals surface area contributed by atoms with Gasteiger partial charge in [0.05, 0.1) is 6.04 Å². The maximum absolute atomic E-state index is 13.3. The van der Waals surface area contributed by atoms with Crippen LogP contribution in [0.3, 0.4) is 0 Å². The number of aryl methyl sites for hydroxylation is 1. The summed E-state index contributed by atoms with van der Waals surface area (Å²) in [6.07, 6.45) is 1.52. The molecular weight excluding hydrogens is 265 g/mol. The fraction of sp³-hybridized carbons (Fsp3) is 0.250. The molecule has 0 aliphatic heterocycles. The van der Waals surface area contributed by atoms with Crippen LogP contribution < -0.4 is 11.2 Å². The summed E-state index contributed by atoms with van der Waals surface area (Å²) in [6, 6.07) is 4.36. The van der Waals surface area contributed by atoms with Crippen molar-refractivity contribution in [2.75, 3.05) is 5.73 Å². The molecule has 20 heavy (non-hydrogen) atoms. The Labute approximate surface area is 113 Å². The highest BCUT2D eigenvalue weighted by Crippen LogP contribution is 2.34. The van der Waals surface area contributed by atoms with E-state index in [2.05, 4.69) is 19.9 Å². The first kappa shape index (κ1) is 12.5. The van der Waals surface area contributed by atoms with Crippen molar-refractivity contribution in [3.63, 3.8) is 0 Å². The van der Waals surface area contributed by atoms with Crippen LogP contribution in [0.2, 0.25) is 0 Å². The van der Waals surface area contributed by atoms with Gasteiger partial charge in [-0.1, -0.05) is 6.07 Å². The molecule has 1 aromatic heterocycles. The van der Waals surface area contributed by atoms with Gasteiger partial charge in [-0.15, -0.1) is 0 Å². The number of fused-ring (bicyclic) bond motifs is 1. The number of aliphatic imine (C=N–C) groups is 1. The van der Waals surface area contributed by atoms with Crippen LogP contribution in [-0.2, 0) is 6.42 Å². The molecule has 0 fully saturated rings. The number of anilines is 1. The number of nitrogens with one attached hydrogen (secondary N) is 1. The van der Waals surface area contributed by atoms with Crippen molar-refractivity contribution >= 4 is 11.7 Å². The minimum absolute atomic E-state index is 0.0164. The summed E-state index contributed by atoms with van der Waals surface area (Å²) in [5, 5.41) is 16.1. The Morgan fingerprint density at radius 1 is 1.50 bits per heavy atom.